The van der Waals surface area contributed by atoms with E-state index in [1.165, 1.54) is 10.8 Å². The Balaban J connectivity index is 0.968. The van der Waals surface area contributed by atoms with Crippen molar-refractivity contribution in [1.82, 2.24) is 19.8 Å². The Morgan fingerprint density at radius 3 is 2.56 bits per heavy atom. The smallest absolute Gasteiger partial charge is 0.410 e. The zero-order valence-corrected chi connectivity index (χ0v) is 31.8. The first-order valence-corrected chi connectivity index (χ1v) is 19.0. The molecule has 0 bridgehead atoms. The number of hydrogen-bond acceptors (Lipinski definition) is 10. The van der Waals surface area contributed by atoms with Crippen molar-refractivity contribution in [3.63, 3.8) is 0 Å². The van der Waals surface area contributed by atoms with E-state index in [9.17, 15) is 14.9 Å². The van der Waals surface area contributed by atoms with Crippen LogP contribution in [0.5, 0.6) is 5.75 Å². The first-order valence-electron chi connectivity index (χ1n) is 18.6. The van der Waals surface area contributed by atoms with Crippen LogP contribution in [0.15, 0.2) is 66.7 Å². The van der Waals surface area contributed by atoms with Crippen LogP contribution in [-0.4, -0.2) is 89.0 Å². The van der Waals surface area contributed by atoms with Gasteiger partial charge in [-0.25, -0.2) is 19.6 Å². The molecule has 4 heterocycles. The van der Waals surface area contributed by atoms with Crippen molar-refractivity contribution in [3.8, 4) is 11.8 Å². The van der Waals surface area contributed by atoms with Gasteiger partial charge in [-0.1, -0.05) is 48.5 Å². The number of nitriles is 1. The summed E-state index contributed by atoms with van der Waals surface area (Å²) in [4.78, 5) is 43.3. The van der Waals surface area contributed by atoms with Crippen LogP contribution in [0.3, 0.4) is 0 Å². The molecule has 13 heteroatoms. The molecule has 1 unspecified atom stereocenters. The molecule has 282 valence electrons. The van der Waals surface area contributed by atoms with Crippen LogP contribution in [0.2, 0.25) is 5.28 Å². The van der Waals surface area contributed by atoms with Gasteiger partial charge in [-0.05, 0) is 80.8 Å². The number of nitrogens with zero attached hydrogens (tertiary/aromatic N) is 7. The Labute approximate surface area is 321 Å². The van der Waals surface area contributed by atoms with E-state index in [0.29, 0.717) is 45.1 Å². The van der Waals surface area contributed by atoms with Gasteiger partial charge in [-0.3, -0.25) is 0 Å². The minimum absolute atomic E-state index is 0.0468. The van der Waals surface area contributed by atoms with Crippen molar-refractivity contribution < 1.29 is 23.8 Å². The lowest BCUT2D eigenvalue weighted by Crippen LogP contribution is -2.55. The minimum Gasteiger partial charge on any atom is -0.491 e. The van der Waals surface area contributed by atoms with Gasteiger partial charge in [0.15, 0.2) is 0 Å². The zero-order chi connectivity index (χ0) is 37.8. The zero-order valence-electron chi connectivity index (χ0n) is 31.0. The summed E-state index contributed by atoms with van der Waals surface area (Å²) in [5.74, 6) is 1.39. The van der Waals surface area contributed by atoms with Crippen molar-refractivity contribution in [2.45, 2.75) is 77.3 Å². The lowest BCUT2D eigenvalue weighted by molar-refractivity contribution is 0.0187. The highest BCUT2D eigenvalue weighted by atomic mass is 35.5. The largest absolute Gasteiger partial charge is 0.491 e. The third-order valence-electron chi connectivity index (χ3n) is 10.2. The molecular formula is C41H46ClN7O5. The molecule has 3 aromatic carbocycles. The average molecular weight is 752 g/mol. The molecule has 7 rings (SSSR count). The number of aromatic nitrogens is 2. The van der Waals surface area contributed by atoms with Crippen LogP contribution in [0.1, 0.15) is 56.9 Å². The summed E-state index contributed by atoms with van der Waals surface area (Å²) in [5.41, 5.74) is 3.30. The highest BCUT2D eigenvalue weighted by Crippen LogP contribution is 2.34. The van der Waals surface area contributed by atoms with Gasteiger partial charge in [0.25, 0.3) is 0 Å². The lowest BCUT2D eigenvalue weighted by Gasteiger charge is -2.41. The summed E-state index contributed by atoms with van der Waals surface area (Å²) in [6.07, 6.45) is 1.81. The first-order chi connectivity index (χ1) is 26.1. The second-order valence-electron chi connectivity index (χ2n) is 15.0. The van der Waals surface area contributed by atoms with Gasteiger partial charge in [0, 0.05) is 49.4 Å². The van der Waals surface area contributed by atoms with E-state index >= 15 is 0 Å². The van der Waals surface area contributed by atoms with Crippen molar-refractivity contribution in [2.75, 3.05) is 49.1 Å². The van der Waals surface area contributed by atoms with Crippen molar-refractivity contribution in [2.24, 2.45) is 0 Å². The number of amides is 2. The fourth-order valence-electron chi connectivity index (χ4n) is 7.62. The van der Waals surface area contributed by atoms with E-state index in [4.69, 9.17) is 25.8 Å². The van der Waals surface area contributed by atoms with Gasteiger partial charge in [0.05, 0.1) is 36.8 Å². The first kappa shape index (κ1) is 37.1. The number of fused-ring (bicyclic) bond motifs is 2. The number of benzene rings is 3. The van der Waals surface area contributed by atoms with Gasteiger partial charge >= 0.3 is 12.2 Å². The normalized spacial score (nSPS) is 18.6. The minimum atomic E-state index is -0.563. The number of carbonyl (C=O) groups excluding carboxylic acids is 2. The fourth-order valence-corrected chi connectivity index (χ4v) is 7.80. The number of ether oxygens (including phenoxy) is 3. The predicted molar refractivity (Wildman–Crippen MR) is 207 cm³/mol. The quantitative estimate of drug-likeness (QED) is 0.169. The molecule has 12 nitrogen and oxygen atoms in total. The molecule has 3 aliphatic heterocycles. The van der Waals surface area contributed by atoms with Gasteiger partial charge < -0.3 is 33.8 Å². The monoisotopic (exact) mass is 751 g/mol. The van der Waals surface area contributed by atoms with E-state index in [2.05, 4.69) is 62.2 Å². The number of likely N-dealkylation sites (tertiary alicyclic amines) is 1. The highest BCUT2D eigenvalue weighted by Gasteiger charge is 2.35. The molecular weight excluding hydrogens is 706 g/mol. The van der Waals surface area contributed by atoms with Gasteiger partial charge in [0.1, 0.15) is 30.4 Å². The standard InChI is InChI=1S/C41H46ClN7O5/c1-41(2,3)54-40(51)48-19-8-12-31(48)27-52-32-13-6-9-28(23-32)26-53-39(50)49-22-21-47(24-30(49)16-18-43)37-34-17-20-46(25-35(34)44-38(42)45-37)36-15-7-11-29-10-4-5-14-33(29)36/h4-7,9-11,13-15,23,30-31H,8,12,16-17,19-22,24-27H2,1-3H3/t30?,31-/m0/s1. The van der Waals surface area contributed by atoms with Crippen molar-refractivity contribution in [1.29, 1.82) is 5.26 Å². The number of hydrogen-bond donors (Lipinski definition) is 0. The van der Waals surface area contributed by atoms with E-state index in [0.717, 1.165) is 54.1 Å². The molecule has 0 spiro atoms. The summed E-state index contributed by atoms with van der Waals surface area (Å²) < 4.78 is 17.5. The van der Waals surface area contributed by atoms with E-state index < -0.39 is 17.7 Å². The second-order valence-corrected chi connectivity index (χ2v) is 15.4. The summed E-state index contributed by atoms with van der Waals surface area (Å²) in [7, 11) is 0. The SMILES string of the molecule is CC(C)(C)OC(=O)N1CCC[C@H]1COc1cccc(COC(=O)N2CCN(c3nc(Cl)nc4c3CCN(c3cccc5ccccc35)C4)CC2CC#N)c1. The molecule has 0 radical (unpaired) electrons. The van der Waals surface area contributed by atoms with Gasteiger partial charge in [0.2, 0.25) is 5.28 Å². The maximum Gasteiger partial charge on any atom is 0.410 e. The van der Waals surface area contributed by atoms with E-state index in [-0.39, 0.29) is 30.4 Å². The molecule has 3 aliphatic rings. The fraction of sp³-hybridized carbons (Fsp3) is 0.439. The van der Waals surface area contributed by atoms with E-state index in [1.807, 2.05) is 51.1 Å². The third-order valence-corrected chi connectivity index (χ3v) is 10.3. The Kier molecular flexibility index (Phi) is 11.0. The molecule has 4 aromatic rings. The molecule has 0 saturated carbocycles. The number of piperazine rings is 1. The highest BCUT2D eigenvalue weighted by molar-refractivity contribution is 6.28. The topological polar surface area (TPSA) is 124 Å². The Morgan fingerprint density at radius 2 is 1.72 bits per heavy atom. The molecule has 1 aromatic heterocycles. The van der Waals surface area contributed by atoms with Crippen LogP contribution in [-0.2, 0) is 29.0 Å². The average Bonchev–Trinajstić information content (AvgIpc) is 3.64. The molecule has 2 saturated heterocycles. The van der Waals surface area contributed by atoms with Crippen molar-refractivity contribution >= 4 is 46.1 Å². The molecule has 0 N–H and O–H groups in total. The lowest BCUT2D eigenvalue weighted by atomic mass is 10.0. The second kappa shape index (κ2) is 16.0. The van der Waals surface area contributed by atoms with Crippen LogP contribution in [0.4, 0.5) is 21.1 Å². The predicted octanol–water partition coefficient (Wildman–Crippen LogP) is 7.37. The summed E-state index contributed by atoms with van der Waals surface area (Å²) in [6, 6.07) is 23.9. The molecule has 2 atom stereocenters. The Morgan fingerprint density at radius 1 is 0.926 bits per heavy atom. The number of rotatable bonds is 8. The Hall–Kier alpha value is -5.28. The molecule has 54 heavy (non-hydrogen) atoms. The van der Waals surface area contributed by atoms with Crippen LogP contribution >= 0.6 is 11.6 Å². The maximum absolute atomic E-state index is 13.5. The maximum atomic E-state index is 13.5. The summed E-state index contributed by atoms with van der Waals surface area (Å²) >= 11 is 6.54. The summed E-state index contributed by atoms with van der Waals surface area (Å²) in [5, 5.41) is 12.3. The molecule has 0 aliphatic carbocycles. The van der Waals surface area contributed by atoms with E-state index in [1.54, 1.807) is 9.80 Å². The number of carbonyl (C=O) groups is 2. The number of anilines is 2. The van der Waals surface area contributed by atoms with Crippen LogP contribution in [0.25, 0.3) is 10.8 Å². The molecule has 2 amide bonds. The third kappa shape index (κ3) is 8.42. The van der Waals surface area contributed by atoms with Gasteiger partial charge in [-0.2, -0.15) is 5.26 Å². The van der Waals surface area contributed by atoms with Crippen LogP contribution < -0.4 is 14.5 Å². The number of halogens is 1. The Bertz CT molecular complexity index is 2040. The van der Waals surface area contributed by atoms with Crippen LogP contribution in [0, 0.1) is 11.3 Å². The van der Waals surface area contributed by atoms with Gasteiger partial charge in [-0.15, -0.1) is 0 Å². The summed E-state index contributed by atoms with van der Waals surface area (Å²) in [6.45, 7) is 9.29. The van der Waals surface area contributed by atoms with Crippen molar-refractivity contribution in [3.05, 3.63) is 88.8 Å². The molecule has 2 fully saturated rings.